The van der Waals surface area contributed by atoms with Gasteiger partial charge in [0.25, 0.3) is 11.5 Å². The Balaban J connectivity index is 2.40. The Morgan fingerprint density at radius 1 is 1.14 bits per heavy atom. The van der Waals surface area contributed by atoms with Gasteiger partial charge in [-0.3, -0.25) is 14.6 Å². The van der Waals surface area contributed by atoms with Crippen molar-refractivity contribution in [2.45, 2.75) is 26.7 Å². The Kier molecular flexibility index (Phi) is 4.37. The molecule has 1 amide bonds. The number of carbonyl (C=O) groups is 1. The van der Waals surface area contributed by atoms with Gasteiger partial charge in [0.2, 0.25) is 0 Å². The standard InChI is InChI=1S/C15H17N3O3/c1-3-9-6-5-7-10(4-2)12(9)17-13(19)11-8-16-15(21)18-14(11)20/h5-8H,3-4H2,1-2H3,(H,17,19)(H2,16,18,20,21). The smallest absolute Gasteiger partial charge is 0.321 e. The number of anilines is 1. The largest absolute Gasteiger partial charge is 0.325 e. The van der Waals surface area contributed by atoms with E-state index in [0.29, 0.717) is 0 Å². The molecule has 1 aromatic heterocycles. The molecular formula is C15H17N3O3. The number of H-pyrrole nitrogens is 2. The second kappa shape index (κ2) is 6.21. The van der Waals surface area contributed by atoms with E-state index in [9.17, 15) is 14.4 Å². The number of aryl methyl sites for hydroxylation is 2. The Morgan fingerprint density at radius 3 is 2.29 bits per heavy atom. The average Bonchev–Trinajstić information content (AvgIpc) is 2.47. The number of nitrogens with one attached hydrogen (secondary N) is 3. The van der Waals surface area contributed by atoms with Crippen LogP contribution < -0.4 is 16.6 Å². The molecule has 1 heterocycles. The van der Waals surface area contributed by atoms with Crippen LogP contribution in [0.25, 0.3) is 0 Å². The Morgan fingerprint density at radius 2 is 1.76 bits per heavy atom. The highest BCUT2D eigenvalue weighted by atomic mass is 16.2. The molecule has 2 aromatic rings. The van der Waals surface area contributed by atoms with Crippen molar-refractivity contribution in [1.82, 2.24) is 9.97 Å². The van der Waals surface area contributed by atoms with Gasteiger partial charge in [0.05, 0.1) is 0 Å². The first-order valence-electron chi connectivity index (χ1n) is 6.81. The van der Waals surface area contributed by atoms with Gasteiger partial charge in [0.1, 0.15) is 5.56 Å². The lowest BCUT2D eigenvalue weighted by Gasteiger charge is -2.14. The van der Waals surface area contributed by atoms with Crippen LogP contribution in [0.5, 0.6) is 0 Å². The highest BCUT2D eigenvalue weighted by Crippen LogP contribution is 2.22. The van der Waals surface area contributed by atoms with E-state index in [-0.39, 0.29) is 5.56 Å². The van der Waals surface area contributed by atoms with E-state index >= 15 is 0 Å². The topological polar surface area (TPSA) is 94.8 Å². The Bertz CT molecular complexity index is 752. The molecular weight excluding hydrogens is 270 g/mol. The summed E-state index contributed by atoms with van der Waals surface area (Å²) >= 11 is 0. The monoisotopic (exact) mass is 287 g/mol. The van der Waals surface area contributed by atoms with E-state index in [1.54, 1.807) is 0 Å². The molecule has 0 atom stereocenters. The highest BCUT2D eigenvalue weighted by Gasteiger charge is 2.14. The molecule has 0 bridgehead atoms. The summed E-state index contributed by atoms with van der Waals surface area (Å²) < 4.78 is 0. The fourth-order valence-electron chi connectivity index (χ4n) is 2.16. The van der Waals surface area contributed by atoms with Crippen LogP contribution in [0, 0.1) is 0 Å². The minimum absolute atomic E-state index is 0.123. The van der Waals surface area contributed by atoms with Crippen molar-refractivity contribution >= 4 is 11.6 Å². The van der Waals surface area contributed by atoms with Crippen LogP contribution in [0.2, 0.25) is 0 Å². The quantitative estimate of drug-likeness (QED) is 0.794. The van der Waals surface area contributed by atoms with E-state index in [1.807, 2.05) is 37.0 Å². The number of aromatic nitrogens is 2. The first-order valence-corrected chi connectivity index (χ1v) is 6.81. The first-order chi connectivity index (χ1) is 10.1. The molecule has 0 aliphatic carbocycles. The lowest BCUT2D eigenvalue weighted by atomic mass is 10.0. The van der Waals surface area contributed by atoms with Crippen LogP contribution in [0.4, 0.5) is 5.69 Å². The summed E-state index contributed by atoms with van der Waals surface area (Å²) in [6, 6.07) is 5.82. The van der Waals surface area contributed by atoms with Crippen molar-refractivity contribution < 1.29 is 4.79 Å². The fourth-order valence-corrected chi connectivity index (χ4v) is 2.16. The van der Waals surface area contributed by atoms with Crippen LogP contribution in [0.3, 0.4) is 0 Å². The molecule has 2 rings (SSSR count). The maximum absolute atomic E-state index is 12.2. The van der Waals surface area contributed by atoms with Crippen molar-refractivity contribution in [2.75, 3.05) is 5.32 Å². The van der Waals surface area contributed by atoms with E-state index in [2.05, 4.69) is 10.3 Å². The highest BCUT2D eigenvalue weighted by molar-refractivity contribution is 6.04. The molecule has 6 heteroatoms. The molecule has 0 aliphatic heterocycles. The van der Waals surface area contributed by atoms with Crippen molar-refractivity contribution in [2.24, 2.45) is 0 Å². The molecule has 0 saturated heterocycles. The summed E-state index contributed by atoms with van der Waals surface area (Å²) in [6.45, 7) is 3.99. The fraction of sp³-hybridized carbons (Fsp3) is 0.267. The molecule has 0 fully saturated rings. The number of rotatable bonds is 4. The van der Waals surface area contributed by atoms with Gasteiger partial charge in [-0.25, -0.2) is 4.79 Å². The molecule has 3 N–H and O–H groups in total. The van der Waals surface area contributed by atoms with Crippen LogP contribution in [0.15, 0.2) is 34.0 Å². The van der Waals surface area contributed by atoms with Gasteiger partial charge in [-0.15, -0.1) is 0 Å². The molecule has 0 unspecified atom stereocenters. The Labute approximate surface area is 121 Å². The molecule has 1 aromatic carbocycles. The van der Waals surface area contributed by atoms with E-state index in [0.717, 1.165) is 35.9 Å². The summed E-state index contributed by atoms with van der Waals surface area (Å²) in [5, 5.41) is 2.78. The van der Waals surface area contributed by atoms with Gasteiger partial charge < -0.3 is 10.3 Å². The maximum Gasteiger partial charge on any atom is 0.325 e. The zero-order chi connectivity index (χ0) is 15.4. The first kappa shape index (κ1) is 14.8. The van der Waals surface area contributed by atoms with E-state index in [4.69, 9.17) is 0 Å². The number of amides is 1. The molecule has 0 saturated carbocycles. The van der Waals surface area contributed by atoms with Gasteiger partial charge in [-0.1, -0.05) is 32.0 Å². The van der Waals surface area contributed by atoms with E-state index in [1.165, 1.54) is 0 Å². The van der Waals surface area contributed by atoms with Crippen molar-refractivity contribution in [3.8, 4) is 0 Å². The minimum Gasteiger partial charge on any atom is -0.321 e. The summed E-state index contributed by atoms with van der Waals surface area (Å²) in [5.41, 5.74) is 1.27. The summed E-state index contributed by atoms with van der Waals surface area (Å²) in [7, 11) is 0. The van der Waals surface area contributed by atoms with Gasteiger partial charge in [0, 0.05) is 11.9 Å². The second-order valence-electron chi connectivity index (χ2n) is 4.60. The molecule has 0 spiro atoms. The predicted octanol–water partition coefficient (Wildman–Crippen LogP) is 1.44. The number of hydrogen-bond donors (Lipinski definition) is 3. The third kappa shape index (κ3) is 3.10. The van der Waals surface area contributed by atoms with E-state index < -0.39 is 17.2 Å². The van der Waals surface area contributed by atoms with Crippen LogP contribution in [-0.4, -0.2) is 15.9 Å². The lowest BCUT2D eigenvalue weighted by molar-refractivity contribution is 0.102. The lowest BCUT2D eigenvalue weighted by Crippen LogP contribution is -2.30. The number of carbonyl (C=O) groups excluding carboxylic acids is 1. The van der Waals surface area contributed by atoms with Crippen molar-refractivity contribution in [3.63, 3.8) is 0 Å². The van der Waals surface area contributed by atoms with Gasteiger partial charge in [-0.05, 0) is 24.0 Å². The maximum atomic E-state index is 12.2. The third-order valence-electron chi connectivity index (χ3n) is 3.30. The SMILES string of the molecule is CCc1cccc(CC)c1NC(=O)c1c[nH]c(=O)[nH]c1=O. The summed E-state index contributed by atoms with van der Waals surface area (Å²) in [4.78, 5) is 39.2. The average molecular weight is 287 g/mol. The minimum atomic E-state index is -0.705. The number of para-hydroxylation sites is 1. The summed E-state index contributed by atoms with van der Waals surface area (Å²) in [5.74, 6) is -0.539. The number of aromatic amines is 2. The normalized spacial score (nSPS) is 10.4. The molecule has 0 radical (unpaired) electrons. The molecule has 0 aliphatic rings. The van der Waals surface area contributed by atoms with Crippen molar-refractivity contribution in [1.29, 1.82) is 0 Å². The zero-order valence-corrected chi connectivity index (χ0v) is 11.9. The zero-order valence-electron chi connectivity index (χ0n) is 11.9. The number of hydrogen-bond acceptors (Lipinski definition) is 3. The third-order valence-corrected chi connectivity index (χ3v) is 3.30. The van der Waals surface area contributed by atoms with Gasteiger partial charge in [-0.2, -0.15) is 0 Å². The molecule has 110 valence electrons. The Hall–Kier alpha value is -2.63. The van der Waals surface area contributed by atoms with Gasteiger partial charge >= 0.3 is 5.69 Å². The second-order valence-corrected chi connectivity index (χ2v) is 4.60. The summed E-state index contributed by atoms with van der Waals surface area (Å²) in [6.07, 6.45) is 2.66. The van der Waals surface area contributed by atoms with Crippen molar-refractivity contribution in [3.05, 3.63) is 61.9 Å². The molecule has 6 nitrogen and oxygen atoms in total. The predicted molar refractivity (Wildman–Crippen MR) is 80.8 cm³/mol. The van der Waals surface area contributed by atoms with Gasteiger partial charge in [0.15, 0.2) is 0 Å². The van der Waals surface area contributed by atoms with Crippen LogP contribution in [0.1, 0.15) is 35.3 Å². The van der Waals surface area contributed by atoms with Crippen LogP contribution >= 0.6 is 0 Å². The molecule has 21 heavy (non-hydrogen) atoms. The number of benzene rings is 1. The van der Waals surface area contributed by atoms with Crippen LogP contribution in [-0.2, 0) is 12.8 Å².